The average molecular weight is 352 g/mol. The molecular weight excluding hydrogens is 335 g/mol. The molecule has 2 heterocycles. The molecule has 0 saturated heterocycles. The van der Waals surface area contributed by atoms with E-state index < -0.39 is 11.8 Å². The number of aromatic nitrogens is 2. The minimum atomic E-state index is -0.500. The van der Waals surface area contributed by atoms with Crippen molar-refractivity contribution in [3.8, 4) is 0 Å². The van der Waals surface area contributed by atoms with E-state index in [1.807, 2.05) is 12.1 Å². The van der Waals surface area contributed by atoms with Gasteiger partial charge in [-0.15, -0.1) is 0 Å². The van der Waals surface area contributed by atoms with Crippen LogP contribution >= 0.6 is 0 Å². The largest absolute Gasteiger partial charge is 0.462 e. The minimum Gasteiger partial charge on any atom is -0.462 e. The molecule has 0 bridgehead atoms. The number of carbonyl (C=O) groups excluding carboxylic acids is 2. The third kappa shape index (κ3) is 3.85. The van der Waals surface area contributed by atoms with Gasteiger partial charge in [-0.3, -0.25) is 9.78 Å². The normalized spacial score (nSPS) is 10.5. The summed E-state index contributed by atoms with van der Waals surface area (Å²) in [6.07, 6.45) is 3.23. The van der Waals surface area contributed by atoms with Crippen molar-refractivity contribution in [2.45, 2.75) is 13.5 Å². The zero-order valence-electron chi connectivity index (χ0n) is 14.2. The van der Waals surface area contributed by atoms with E-state index in [-0.39, 0.29) is 18.0 Å². The summed E-state index contributed by atoms with van der Waals surface area (Å²) in [6, 6.07) is 12.3. The lowest BCUT2D eigenvalue weighted by Crippen LogP contribution is -2.11. The molecule has 0 aliphatic heterocycles. The Morgan fingerprint density at radius 1 is 1.12 bits per heavy atom. The standard InChI is InChI=1S/C20H17FN2O3/c1-2-26-20(25)15-11-18(19(24)14-6-8-16(21)9-7-14)23(12-15)13-17-5-3-4-10-22-17/h3-12H,2,13H2,1H3. The van der Waals surface area contributed by atoms with E-state index in [1.54, 1.807) is 30.0 Å². The smallest absolute Gasteiger partial charge is 0.339 e. The fourth-order valence-electron chi connectivity index (χ4n) is 2.57. The summed E-state index contributed by atoms with van der Waals surface area (Å²) in [7, 11) is 0. The molecule has 2 aromatic heterocycles. The maximum absolute atomic E-state index is 13.1. The van der Waals surface area contributed by atoms with Gasteiger partial charge in [0.15, 0.2) is 0 Å². The molecule has 0 aliphatic rings. The second kappa shape index (κ2) is 7.74. The van der Waals surface area contributed by atoms with Gasteiger partial charge in [-0.25, -0.2) is 9.18 Å². The zero-order valence-corrected chi connectivity index (χ0v) is 14.2. The van der Waals surface area contributed by atoms with Crippen LogP contribution in [0.5, 0.6) is 0 Å². The van der Waals surface area contributed by atoms with Crippen molar-refractivity contribution >= 4 is 11.8 Å². The van der Waals surface area contributed by atoms with Crippen molar-refractivity contribution in [2.24, 2.45) is 0 Å². The van der Waals surface area contributed by atoms with Crippen LogP contribution < -0.4 is 0 Å². The minimum absolute atomic E-state index is 0.242. The van der Waals surface area contributed by atoms with Crippen LogP contribution in [0.15, 0.2) is 60.9 Å². The van der Waals surface area contributed by atoms with Crippen LogP contribution in [0.1, 0.15) is 39.0 Å². The summed E-state index contributed by atoms with van der Waals surface area (Å²) >= 11 is 0. The third-order valence-corrected chi connectivity index (χ3v) is 3.81. The van der Waals surface area contributed by atoms with Gasteiger partial charge in [0.1, 0.15) is 5.82 Å². The summed E-state index contributed by atoms with van der Waals surface area (Å²) in [5.41, 5.74) is 1.67. The Morgan fingerprint density at radius 3 is 2.54 bits per heavy atom. The average Bonchev–Trinajstić information content (AvgIpc) is 3.07. The van der Waals surface area contributed by atoms with Gasteiger partial charge in [0.2, 0.25) is 5.78 Å². The Hall–Kier alpha value is -3.28. The lowest BCUT2D eigenvalue weighted by Gasteiger charge is -2.08. The highest BCUT2D eigenvalue weighted by molar-refractivity contribution is 6.09. The molecular formula is C20H17FN2O3. The van der Waals surface area contributed by atoms with Crippen LogP contribution in [0.2, 0.25) is 0 Å². The number of halogens is 1. The van der Waals surface area contributed by atoms with Crippen molar-refractivity contribution in [3.63, 3.8) is 0 Å². The highest BCUT2D eigenvalue weighted by atomic mass is 19.1. The summed E-state index contributed by atoms with van der Waals surface area (Å²) in [5, 5.41) is 0. The Labute approximate surface area is 150 Å². The van der Waals surface area contributed by atoms with Gasteiger partial charge >= 0.3 is 5.97 Å². The van der Waals surface area contributed by atoms with E-state index >= 15 is 0 Å². The van der Waals surface area contributed by atoms with Crippen LogP contribution in [0.25, 0.3) is 0 Å². The van der Waals surface area contributed by atoms with E-state index in [0.29, 0.717) is 17.8 Å². The highest BCUT2D eigenvalue weighted by Gasteiger charge is 2.20. The zero-order chi connectivity index (χ0) is 18.5. The Balaban J connectivity index is 1.99. The van der Waals surface area contributed by atoms with Crippen LogP contribution in [-0.4, -0.2) is 27.9 Å². The molecule has 6 heteroatoms. The molecule has 5 nitrogen and oxygen atoms in total. The first-order valence-electron chi connectivity index (χ1n) is 8.16. The number of hydrogen-bond acceptors (Lipinski definition) is 4. The van der Waals surface area contributed by atoms with Gasteiger partial charge in [0, 0.05) is 18.0 Å². The molecule has 3 aromatic rings. The number of ketones is 1. The number of benzene rings is 1. The first-order valence-corrected chi connectivity index (χ1v) is 8.16. The molecule has 0 saturated carbocycles. The van der Waals surface area contributed by atoms with Crippen molar-refractivity contribution < 1.29 is 18.7 Å². The van der Waals surface area contributed by atoms with Gasteiger partial charge in [0.05, 0.1) is 30.1 Å². The second-order valence-corrected chi connectivity index (χ2v) is 5.62. The quantitative estimate of drug-likeness (QED) is 0.503. The summed E-state index contributed by atoms with van der Waals surface area (Å²) in [5.74, 6) is -1.23. The van der Waals surface area contributed by atoms with E-state index in [1.165, 1.54) is 30.3 Å². The molecule has 0 N–H and O–H groups in total. The van der Waals surface area contributed by atoms with Crippen LogP contribution in [0.3, 0.4) is 0 Å². The molecule has 0 spiro atoms. The molecule has 0 unspecified atom stereocenters. The van der Waals surface area contributed by atoms with Crippen LogP contribution in [0, 0.1) is 5.82 Å². The molecule has 26 heavy (non-hydrogen) atoms. The number of carbonyl (C=O) groups is 2. The van der Waals surface area contributed by atoms with Gasteiger partial charge in [-0.1, -0.05) is 6.07 Å². The number of esters is 1. The SMILES string of the molecule is CCOC(=O)c1cc(C(=O)c2ccc(F)cc2)n(Cc2ccccn2)c1. The Kier molecular flexibility index (Phi) is 5.22. The molecule has 0 aliphatic carbocycles. The van der Waals surface area contributed by atoms with Gasteiger partial charge < -0.3 is 9.30 Å². The molecule has 0 amide bonds. The fourth-order valence-corrected chi connectivity index (χ4v) is 2.57. The summed E-state index contributed by atoms with van der Waals surface area (Å²) < 4.78 is 19.8. The summed E-state index contributed by atoms with van der Waals surface area (Å²) in [4.78, 5) is 29.2. The van der Waals surface area contributed by atoms with Gasteiger partial charge in [-0.05, 0) is 49.4 Å². The number of nitrogens with zero attached hydrogens (tertiary/aromatic N) is 2. The summed E-state index contributed by atoms with van der Waals surface area (Å²) in [6.45, 7) is 2.28. The second-order valence-electron chi connectivity index (χ2n) is 5.62. The number of hydrogen-bond donors (Lipinski definition) is 0. The first kappa shape index (κ1) is 17.5. The predicted octanol–water partition coefficient (Wildman–Crippen LogP) is 3.48. The Morgan fingerprint density at radius 2 is 1.88 bits per heavy atom. The molecule has 0 atom stereocenters. The van der Waals surface area contributed by atoms with E-state index in [9.17, 15) is 14.0 Å². The van der Waals surface area contributed by atoms with Crippen LogP contribution in [0.4, 0.5) is 4.39 Å². The maximum atomic E-state index is 13.1. The molecule has 3 rings (SSSR count). The van der Waals surface area contributed by atoms with Crippen LogP contribution in [-0.2, 0) is 11.3 Å². The molecule has 0 radical (unpaired) electrons. The number of pyridine rings is 1. The third-order valence-electron chi connectivity index (χ3n) is 3.81. The van der Waals surface area contributed by atoms with Gasteiger partial charge in [0.25, 0.3) is 0 Å². The number of rotatable bonds is 6. The van der Waals surface area contributed by atoms with E-state index in [0.717, 1.165) is 5.69 Å². The van der Waals surface area contributed by atoms with E-state index in [4.69, 9.17) is 4.74 Å². The van der Waals surface area contributed by atoms with Crippen molar-refractivity contribution in [3.05, 3.63) is 89.3 Å². The van der Waals surface area contributed by atoms with E-state index in [2.05, 4.69) is 4.98 Å². The number of ether oxygens (including phenoxy) is 1. The monoisotopic (exact) mass is 352 g/mol. The molecule has 132 valence electrons. The maximum Gasteiger partial charge on any atom is 0.339 e. The molecule has 0 fully saturated rings. The first-order chi connectivity index (χ1) is 12.6. The molecule has 1 aromatic carbocycles. The fraction of sp³-hybridized carbons (Fsp3) is 0.150. The lowest BCUT2D eigenvalue weighted by molar-refractivity contribution is 0.0526. The topological polar surface area (TPSA) is 61.2 Å². The Bertz CT molecular complexity index is 918. The van der Waals surface area contributed by atoms with Crippen molar-refractivity contribution in [1.82, 2.24) is 9.55 Å². The highest BCUT2D eigenvalue weighted by Crippen LogP contribution is 2.17. The lowest BCUT2D eigenvalue weighted by atomic mass is 10.1. The van der Waals surface area contributed by atoms with Gasteiger partial charge in [-0.2, -0.15) is 0 Å². The van der Waals surface area contributed by atoms with Crippen molar-refractivity contribution in [1.29, 1.82) is 0 Å². The predicted molar refractivity (Wildman–Crippen MR) is 93.6 cm³/mol. The van der Waals surface area contributed by atoms with Crippen molar-refractivity contribution in [2.75, 3.05) is 6.61 Å².